The third kappa shape index (κ3) is 7.51. The van der Waals surface area contributed by atoms with Crippen LogP contribution in [0.3, 0.4) is 0 Å². The zero-order chi connectivity index (χ0) is 13.4. The van der Waals surface area contributed by atoms with E-state index in [1.54, 1.807) is 0 Å². The number of ketones is 1. The van der Waals surface area contributed by atoms with Crippen LogP contribution in [-0.2, 0) is 9.59 Å². The second kappa shape index (κ2) is 8.66. The minimum absolute atomic E-state index is 0.0108. The van der Waals surface area contributed by atoms with Crippen molar-refractivity contribution >= 4 is 44.5 Å². The molecule has 0 aliphatic heterocycles. The summed E-state index contributed by atoms with van der Waals surface area (Å²) < 4.78 is 0.0403. The molecule has 0 aliphatic rings. The molecule has 0 bridgehead atoms. The number of carbonyl (C=O) groups is 2. The zero-order valence-corrected chi connectivity index (χ0v) is 11.9. The Labute approximate surface area is 113 Å². The van der Waals surface area contributed by atoms with Gasteiger partial charge in [-0.15, -0.1) is 0 Å². The molecule has 0 fully saturated rings. The van der Waals surface area contributed by atoms with Gasteiger partial charge in [0.25, 0.3) is 0 Å². The molecule has 6 N–H and O–H groups in total. The van der Waals surface area contributed by atoms with Gasteiger partial charge in [0, 0.05) is 0 Å². The van der Waals surface area contributed by atoms with Gasteiger partial charge >= 0.3 is 113 Å². The number of primary amides is 1. The quantitative estimate of drug-likeness (QED) is 0.241. The number of nitrogens with two attached hydrogens (primary N) is 2. The van der Waals surface area contributed by atoms with E-state index in [0.29, 0.717) is 5.75 Å². The SMILES string of the molecule is NC(=O)CC[C@H](N)C(=O)CN[C@@H](CS)C(O)=[Se]. The summed E-state index contributed by atoms with van der Waals surface area (Å²) in [5, 5.41) is 12.0. The first-order valence-electron chi connectivity index (χ1n) is 5.02. The van der Waals surface area contributed by atoms with E-state index in [-0.39, 0.29) is 29.8 Å². The van der Waals surface area contributed by atoms with Crippen LogP contribution in [0, 0.1) is 0 Å². The first-order chi connectivity index (χ1) is 7.88. The Kier molecular flexibility index (Phi) is 8.45. The molecular weight excluding hydrogens is 309 g/mol. The standard InChI is InChI=1S/C9H17N3O3SSe/c10-5(1-2-8(11)14)7(13)3-12-6(4-16)9(15)17/h5-6,12,16H,1-4,10H2,(H2,11,14)(H,15,17)/t5-,6-/m0/s1. The molecule has 0 spiro atoms. The predicted molar refractivity (Wildman–Crippen MR) is 69.8 cm³/mol. The molecule has 6 nitrogen and oxygen atoms in total. The summed E-state index contributed by atoms with van der Waals surface area (Å²) in [6.45, 7) is 0.0108. The van der Waals surface area contributed by atoms with Crippen LogP contribution < -0.4 is 16.8 Å². The molecule has 0 aromatic heterocycles. The fraction of sp³-hybridized carbons (Fsp3) is 0.667. The van der Waals surface area contributed by atoms with Gasteiger partial charge in [0.15, 0.2) is 0 Å². The Bertz CT molecular complexity index is 301. The number of aliphatic hydroxyl groups is 1. The molecule has 0 radical (unpaired) electrons. The number of hydrogen-bond acceptors (Lipinski definition) is 6. The molecule has 0 heterocycles. The van der Waals surface area contributed by atoms with Crippen molar-refractivity contribution in [2.45, 2.75) is 24.9 Å². The average molecular weight is 326 g/mol. The number of nitrogens with one attached hydrogen (secondary N) is 1. The molecule has 0 saturated carbocycles. The van der Waals surface area contributed by atoms with Gasteiger partial charge in [-0.25, -0.2) is 0 Å². The molecular formula is C9H17N3O3SSe. The van der Waals surface area contributed by atoms with Crippen LogP contribution in [-0.4, -0.2) is 61.4 Å². The number of aliphatic hydroxyl groups excluding tert-OH is 1. The summed E-state index contributed by atoms with van der Waals surface area (Å²) in [7, 11) is 0. The van der Waals surface area contributed by atoms with Crippen molar-refractivity contribution in [2.24, 2.45) is 11.5 Å². The Morgan fingerprint density at radius 1 is 1.47 bits per heavy atom. The molecule has 0 aliphatic carbocycles. The van der Waals surface area contributed by atoms with Crippen molar-refractivity contribution in [1.29, 1.82) is 0 Å². The molecule has 2 atom stereocenters. The second-order valence-electron chi connectivity index (χ2n) is 3.53. The van der Waals surface area contributed by atoms with E-state index in [0.717, 1.165) is 0 Å². The van der Waals surface area contributed by atoms with Crippen molar-refractivity contribution in [3.8, 4) is 0 Å². The number of amides is 1. The number of thiol groups is 1. The molecule has 0 rings (SSSR count). The van der Waals surface area contributed by atoms with E-state index >= 15 is 0 Å². The van der Waals surface area contributed by atoms with E-state index in [4.69, 9.17) is 11.5 Å². The Morgan fingerprint density at radius 2 is 2.06 bits per heavy atom. The monoisotopic (exact) mass is 327 g/mol. The van der Waals surface area contributed by atoms with E-state index in [1.807, 2.05) is 0 Å². The zero-order valence-electron chi connectivity index (χ0n) is 9.26. The number of hydrogen-bond donors (Lipinski definition) is 5. The van der Waals surface area contributed by atoms with Crippen LogP contribution >= 0.6 is 12.6 Å². The number of rotatable bonds is 9. The van der Waals surface area contributed by atoms with Gasteiger partial charge < -0.3 is 0 Å². The molecule has 98 valence electrons. The summed E-state index contributed by atoms with van der Waals surface area (Å²) >= 11 is 6.45. The van der Waals surface area contributed by atoms with E-state index in [1.165, 1.54) is 0 Å². The van der Waals surface area contributed by atoms with Crippen molar-refractivity contribution in [3.63, 3.8) is 0 Å². The van der Waals surface area contributed by atoms with Crippen molar-refractivity contribution < 1.29 is 14.7 Å². The molecule has 0 aromatic rings. The summed E-state index contributed by atoms with van der Waals surface area (Å²) in [4.78, 5) is 22.1. The van der Waals surface area contributed by atoms with Gasteiger partial charge in [-0.1, -0.05) is 0 Å². The maximum atomic E-state index is 11.5. The first-order valence-corrected chi connectivity index (χ1v) is 6.51. The van der Waals surface area contributed by atoms with Gasteiger partial charge in [-0.2, -0.15) is 0 Å². The summed E-state index contributed by atoms with van der Waals surface area (Å²) in [5.74, 6) is -0.370. The van der Waals surface area contributed by atoms with Crippen LogP contribution in [0.5, 0.6) is 0 Å². The van der Waals surface area contributed by atoms with E-state index < -0.39 is 18.0 Å². The van der Waals surface area contributed by atoms with E-state index in [2.05, 4.69) is 33.5 Å². The summed E-state index contributed by atoms with van der Waals surface area (Å²) in [5.41, 5.74) is 10.5. The van der Waals surface area contributed by atoms with Crippen molar-refractivity contribution in [2.75, 3.05) is 12.3 Å². The molecule has 8 heteroatoms. The van der Waals surface area contributed by atoms with Crippen molar-refractivity contribution in [1.82, 2.24) is 5.32 Å². The fourth-order valence-electron chi connectivity index (χ4n) is 1.04. The van der Waals surface area contributed by atoms with Crippen LogP contribution in [0.15, 0.2) is 0 Å². The molecule has 0 aromatic carbocycles. The van der Waals surface area contributed by atoms with Gasteiger partial charge in [-0.05, 0) is 0 Å². The van der Waals surface area contributed by atoms with Gasteiger partial charge in [0.05, 0.1) is 0 Å². The van der Waals surface area contributed by atoms with Gasteiger partial charge in [0.2, 0.25) is 0 Å². The summed E-state index contributed by atoms with van der Waals surface area (Å²) in [6, 6.07) is -1.12. The van der Waals surface area contributed by atoms with Gasteiger partial charge in [-0.3, -0.25) is 0 Å². The Hall–Kier alpha value is -0.401. The van der Waals surface area contributed by atoms with Crippen LogP contribution in [0.25, 0.3) is 0 Å². The number of Topliss-reactive ketones (excluding diaryl/α,β-unsaturated/α-hetero) is 1. The minimum atomic E-state index is -0.724. The number of carbonyl (C=O) groups excluding carboxylic acids is 2. The average Bonchev–Trinajstić information content (AvgIpc) is 2.25. The van der Waals surface area contributed by atoms with Crippen molar-refractivity contribution in [3.05, 3.63) is 0 Å². The van der Waals surface area contributed by atoms with Gasteiger partial charge in [0.1, 0.15) is 0 Å². The van der Waals surface area contributed by atoms with E-state index in [9.17, 15) is 14.7 Å². The maximum absolute atomic E-state index is 11.5. The second-order valence-corrected chi connectivity index (χ2v) is 4.77. The third-order valence-corrected chi connectivity index (χ3v) is 3.08. The Morgan fingerprint density at radius 3 is 2.47 bits per heavy atom. The fourth-order valence-corrected chi connectivity index (χ4v) is 1.97. The van der Waals surface area contributed by atoms with Crippen LogP contribution in [0.1, 0.15) is 12.8 Å². The Balaban J connectivity index is 3.99. The topological polar surface area (TPSA) is 118 Å². The third-order valence-electron chi connectivity index (χ3n) is 2.12. The molecule has 1 amide bonds. The predicted octanol–water partition coefficient (Wildman–Crippen LogP) is -2.29. The molecule has 0 unspecified atom stereocenters. The first kappa shape index (κ1) is 16.6. The molecule has 17 heavy (non-hydrogen) atoms. The summed E-state index contributed by atoms with van der Waals surface area (Å²) in [6.07, 6.45) is 0.317. The molecule has 0 saturated heterocycles. The van der Waals surface area contributed by atoms with Crippen LogP contribution in [0.2, 0.25) is 0 Å². The normalized spacial score (nSPS) is 14.0. The van der Waals surface area contributed by atoms with Crippen LogP contribution in [0.4, 0.5) is 0 Å².